The summed E-state index contributed by atoms with van der Waals surface area (Å²) in [7, 11) is 0. The first-order chi connectivity index (χ1) is 8.77. The molecule has 1 saturated heterocycles. The summed E-state index contributed by atoms with van der Waals surface area (Å²) in [5.41, 5.74) is 0.109. The first-order valence-corrected chi connectivity index (χ1v) is 7.30. The van der Waals surface area contributed by atoms with Crippen LogP contribution in [0.2, 0.25) is 0 Å². The third-order valence-corrected chi connectivity index (χ3v) is 4.96. The van der Waals surface area contributed by atoms with Gasteiger partial charge in [-0.15, -0.1) is 11.8 Å². The van der Waals surface area contributed by atoms with Gasteiger partial charge in [-0.2, -0.15) is 0 Å². The van der Waals surface area contributed by atoms with Crippen LogP contribution in [0.15, 0.2) is 10.6 Å². The molecule has 0 unspecified atom stereocenters. The molecule has 0 aliphatic carbocycles. The molecule has 2 aliphatic heterocycles. The van der Waals surface area contributed by atoms with Crippen LogP contribution in [0.4, 0.5) is 0 Å². The van der Waals surface area contributed by atoms with Gasteiger partial charge in [-0.3, -0.25) is 4.79 Å². The van der Waals surface area contributed by atoms with Gasteiger partial charge in [-0.05, 0) is 6.92 Å². The fourth-order valence-electron chi connectivity index (χ4n) is 2.93. The minimum Gasteiger partial charge on any atom is -0.477 e. The molecular formula is C13H19NO4S. The minimum atomic E-state index is -1.06. The van der Waals surface area contributed by atoms with Crippen LogP contribution in [-0.4, -0.2) is 44.4 Å². The maximum atomic E-state index is 12.0. The molecule has 2 aliphatic rings. The number of carbonyl (C=O) groups excluding carboxylic acids is 1. The minimum absolute atomic E-state index is 0.0317. The number of hydrogen-bond donors (Lipinski definition) is 2. The summed E-state index contributed by atoms with van der Waals surface area (Å²) in [5.74, 6) is -1.84. The van der Waals surface area contributed by atoms with Gasteiger partial charge in [0.2, 0.25) is 5.91 Å². The van der Waals surface area contributed by atoms with Crippen molar-refractivity contribution < 1.29 is 19.8 Å². The van der Waals surface area contributed by atoms with Crippen molar-refractivity contribution in [3.8, 4) is 0 Å². The van der Waals surface area contributed by atoms with E-state index >= 15 is 0 Å². The highest BCUT2D eigenvalue weighted by Crippen LogP contribution is 2.51. The lowest BCUT2D eigenvalue weighted by molar-refractivity contribution is -0.163. The van der Waals surface area contributed by atoms with E-state index < -0.39 is 18.0 Å². The summed E-state index contributed by atoms with van der Waals surface area (Å²) >= 11 is 1.49. The Kier molecular flexibility index (Phi) is 3.66. The van der Waals surface area contributed by atoms with Crippen LogP contribution in [0.25, 0.3) is 0 Å². The maximum Gasteiger partial charge on any atom is 0.353 e. The molecule has 106 valence electrons. The van der Waals surface area contributed by atoms with Gasteiger partial charge in [0.25, 0.3) is 0 Å². The zero-order chi connectivity index (χ0) is 14.5. The van der Waals surface area contributed by atoms with E-state index in [1.54, 1.807) is 6.92 Å². The molecule has 2 N–H and O–H groups in total. The lowest BCUT2D eigenvalue weighted by Crippen LogP contribution is -2.63. The first-order valence-electron chi connectivity index (χ1n) is 6.42. The predicted octanol–water partition coefficient (Wildman–Crippen LogP) is 1.28. The quantitative estimate of drug-likeness (QED) is 0.761. The van der Waals surface area contributed by atoms with E-state index in [4.69, 9.17) is 0 Å². The molecule has 6 heteroatoms. The van der Waals surface area contributed by atoms with E-state index in [0.717, 1.165) is 4.91 Å². The van der Waals surface area contributed by atoms with Gasteiger partial charge in [-0.1, -0.05) is 20.8 Å². The summed E-state index contributed by atoms with van der Waals surface area (Å²) in [6.45, 7) is 7.50. The van der Waals surface area contributed by atoms with Gasteiger partial charge >= 0.3 is 5.97 Å². The highest BCUT2D eigenvalue weighted by Gasteiger charge is 2.59. The summed E-state index contributed by atoms with van der Waals surface area (Å²) < 4.78 is 0. The van der Waals surface area contributed by atoms with Gasteiger partial charge < -0.3 is 15.1 Å². The second kappa shape index (κ2) is 4.83. The van der Waals surface area contributed by atoms with E-state index in [1.807, 2.05) is 20.8 Å². The average Bonchev–Trinajstić information content (AvgIpc) is 2.49. The van der Waals surface area contributed by atoms with E-state index in [1.165, 1.54) is 16.7 Å². The molecule has 1 fully saturated rings. The number of aliphatic carboxylic acids is 1. The molecular weight excluding hydrogens is 266 g/mol. The van der Waals surface area contributed by atoms with Crippen molar-refractivity contribution in [2.24, 2.45) is 11.8 Å². The molecule has 0 aromatic carbocycles. The Morgan fingerprint density at radius 2 is 1.95 bits per heavy atom. The van der Waals surface area contributed by atoms with E-state index in [2.05, 4.69) is 0 Å². The molecule has 19 heavy (non-hydrogen) atoms. The highest BCUT2D eigenvalue weighted by atomic mass is 32.2. The number of aliphatic hydroxyl groups is 1. The van der Waals surface area contributed by atoms with Crippen molar-refractivity contribution in [3.05, 3.63) is 10.6 Å². The number of carboxylic acids is 1. The lowest BCUT2D eigenvalue weighted by atomic mass is 9.79. The maximum absolute atomic E-state index is 12.0. The summed E-state index contributed by atoms with van der Waals surface area (Å²) in [4.78, 5) is 25.6. The molecule has 0 aromatic heterocycles. The number of carbonyl (C=O) groups is 2. The standard InChI is InChI=1S/C13H19NO4S/c1-5(2)19-11-6(3)9-8(7(4)15)12(16)14(9)10(11)13(17)18/h5-9,15H,1-4H3,(H,17,18)/t6-,7-,8-,9-/m1/s1. The number of hydrogen-bond acceptors (Lipinski definition) is 4. The van der Waals surface area contributed by atoms with Gasteiger partial charge in [-0.25, -0.2) is 4.79 Å². The molecule has 5 nitrogen and oxygen atoms in total. The molecule has 1 amide bonds. The van der Waals surface area contributed by atoms with E-state index in [0.29, 0.717) is 0 Å². The Balaban J connectivity index is 2.37. The summed E-state index contributed by atoms with van der Waals surface area (Å²) in [5, 5.41) is 19.3. The zero-order valence-electron chi connectivity index (χ0n) is 11.5. The van der Waals surface area contributed by atoms with Crippen molar-refractivity contribution in [2.45, 2.75) is 45.1 Å². The average molecular weight is 285 g/mol. The van der Waals surface area contributed by atoms with Crippen LogP contribution in [0.1, 0.15) is 27.7 Å². The second-order valence-corrected chi connectivity index (χ2v) is 7.06. The van der Waals surface area contributed by atoms with Gasteiger partial charge in [0, 0.05) is 16.1 Å². The van der Waals surface area contributed by atoms with Gasteiger partial charge in [0.05, 0.1) is 18.1 Å². The number of nitrogens with zero attached hydrogens (tertiary/aromatic N) is 1. The van der Waals surface area contributed by atoms with Crippen molar-refractivity contribution in [2.75, 3.05) is 0 Å². The molecule has 2 heterocycles. The van der Waals surface area contributed by atoms with Crippen LogP contribution < -0.4 is 0 Å². The van der Waals surface area contributed by atoms with E-state index in [-0.39, 0.29) is 28.8 Å². The molecule has 0 bridgehead atoms. The van der Waals surface area contributed by atoms with Crippen molar-refractivity contribution in [1.29, 1.82) is 0 Å². The van der Waals surface area contributed by atoms with Crippen LogP contribution >= 0.6 is 11.8 Å². The molecule has 2 rings (SSSR count). The number of aliphatic hydroxyl groups excluding tert-OH is 1. The van der Waals surface area contributed by atoms with Gasteiger partial charge in [0.15, 0.2) is 0 Å². The van der Waals surface area contributed by atoms with Crippen molar-refractivity contribution >= 4 is 23.6 Å². The Hall–Kier alpha value is -1.01. The number of β-lactam (4-membered cyclic amide) rings is 1. The molecule has 4 atom stereocenters. The fraction of sp³-hybridized carbons (Fsp3) is 0.692. The predicted molar refractivity (Wildman–Crippen MR) is 72.4 cm³/mol. The van der Waals surface area contributed by atoms with Crippen LogP contribution in [0.5, 0.6) is 0 Å². The topological polar surface area (TPSA) is 77.8 Å². The molecule has 0 aromatic rings. The number of rotatable bonds is 4. The Morgan fingerprint density at radius 3 is 2.37 bits per heavy atom. The number of carboxylic acid groups (broad SMARTS) is 1. The largest absolute Gasteiger partial charge is 0.477 e. The third-order valence-electron chi connectivity index (χ3n) is 3.67. The SMILES string of the molecule is CC(C)SC1=C(C(=O)O)N2C(=O)[C@H]([C@@H](C)O)[C@H]2[C@H]1C. The summed E-state index contributed by atoms with van der Waals surface area (Å²) in [6.07, 6.45) is -0.741. The Bertz CT molecular complexity index is 458. The van der Waals surface area contributed by atoms with Crippen LogP contribution in [0, 0.1) is 11.8 Å². The smallest absolute Gasteiger partial charge is 0.353 e. The number of amides is 1. The molecule has 0 spiro atoms. The van der Waals surface area contributed by atoms with Gasteiger partial charge in [0.1, 0.15) is 5.70 Å². The van der Waals surface area contributed by atoms with E-state index in [9.17, 15) is 19.8 Å². The zero-order valence-corrected chi connectivity index (χ0v) is 12.3. The summed E-state index contributed by atoms with van der Waals surface area (Å²) in [6, 6.07) is -0.208. The van der Waals surface area contributed by atoms with Crippen LogP contribution in [-0.2, 0) is 9.59 Å². The molecule has 0 radical (unpaired) electrons. The first kappa shape index (κ1) is 14.4. The number of thioether (sulfide) groups is 1. The third kappa shape index (κ3) is 2.07. The monoisotopic (exact) mass is 285 g/mol. The molecule has 0 saturated carbocycles. The lowest BCUT2D eigenvalue weighted by Gasteiger charge is -2.46. The Morgan fingerprint density at radius 1 is 1.37 bits per heavy atom. The van der Waals surface area contributed by atoms with Crippen molar-refractivity contribution in [1.82, 2.24) is 4.90 Å². The number of fused-ring (bicyclic) bond motifs is 1. The van der Waals surface area contributed by atoms with Crippen molar-refractivity contribution in [3.63, 3.8) is 0 Å². The normalized spacial score (nSPS) is 31.6. The van der Waals surface area contributed by atoms with Crippen LogP contribution in [0.3, 0.4) is 0 Å². The highest BCUT2D eigenvalue weighted by molar-refractivity contribution is 8.03. The Labute approximate surface area is 116 Å². The second-order valence-electron chi connectivity index (χ2n) is 5.44. The fourth-order valence-corrected chi connectivity index (χ4v) is 4.09.